The summed E-state index contributed by atoms with van der Waals surface area (Å²) in [7, 11) is 0. The summed E-state index contributed by atoms with van der Waals surface area (Å²) in [5.41, 5.74) is 1.16. The Bertz CT molecular complexity index is 572. The predicted octanol–water partition coefficient (Wildman–Crippen LogP) is 4.51. The molecule has 0 aliphatic rings. The van der Waals surface area contributed by atoms with Crippen LogP contribution in [0.15, 0.2) is 34.1 Å². The van der Waals surface area contributed by atoms with Crippen molar-refractivity contribution in [1.29, 1.82) is 0 Å². The van der Waals surface area contributed by atoms with E-state index in [-0.39, 0.29) is 11.7 Å². The number of anilines is 1. The first-order valence-corrected chi connectivity index (χ1v) is 7.32. The van der Waals surface area contributed by atoms with Crippen LogP contribution in [0.5, 0.6) is 0 Å². The molecule has 0 atom stereocenters. The normalized spacial score (nSPS) is 10.3. The molecule has 0 aliphatic carbocycles. The van der Waals surface area contributed by atoms with Gasteiger partial charge in [0.25, 0.3) is 5.91 Å². The monoisotopic (exact) mass is 425 g/mol. The number of hydrogen-bond donors (Lipinski definition) is 1. The predicted molar refractivity (Wildman–Crippen MR) is 79.1 cm³/mol. The van der Waals surface area contributed by atoms with Crippen LogP contribution >= 0.6 is 49.9 Å². The van der Waals surface area contributed by atoms with Gasteiger partial charge in [-0.15, -0.1) is 11.3 Å². The van der Waals surface area contributed by atoms with E-state index < -0.39 is 0 Å². The van der Waals surface area contributed by atoms with Crippen molar-refractivity contribution in [2.75, 3.05) is 5.32 Å². The second kappa shape index (κ2) is 5.45. The topological polar surface area (TPSA) is 29.1 Å². The quantitative estimate of drug-likeness (QED) is 0.705. The van der Waals surface area contributed by atoms with E-state index in [9.17, 15) is 9.18 Å². The van der Waals surface area contributed by atoms with Crippen molar-refractivity contribution >= 4 is 61.5 Å². The van der Waals surface area contributed by atoms with E-state index in [0.29, 0.717) is 15.7 Å². The highest BCUT2D eigenvalue weighted by atomic mass is 127. The lowest BCUT2D eigenvalue weighted by atomic mass is 10.2. The highest BCUT2D eigenvalue weighted by Crippen LogP contribution is 2.24. The molecular formula is C11H6BrFINOS. The van der Waals surface area contributed by atoms with Gasteiger partial charge in [-0.25, -0.2) is 4.39 Å². The summed E-state index contributed by atoms with van der Waals surface area (Å²) in [5, 5.41) is 4.50. The molecule has 1 heterocycles. The van der Waals surface area contributed by atoms with E-state index >= 15 is 0 Å². The van der Waals surface area contributed by atoms with Crippen LogP contribution in [0.1, 0.15) is 10.4 Å². The van der Waals surface area contributed by atoms with Crippen LogP contribution in [0.25, 0.3) is 0 Å². The van der Waals surface area contributed by atoms with Crippen molar-refractivity contribution < 1.29 is 9.18 Å². The van der Waals surface area contributed by atoms with E-state index in [0.717, 1.165) is 2.88 Å². The SMILES string of the molecule is O=C(Nc1ccc(F)cc1Br)c1csc(I)c1. The van der Waals surface area contributed by atoms with Gasteiger partial charge < -0.3 is 5.32 Å². The smallest absolute Gasteiger partial charge is 0.256 e. The fraction of sp³-hybridized carbons (Fsp3) is 0. The first kappa shape index (κ1) is 13.0. The van der Waals surface area contributed by atoms with Crippen molar-refractivity contribution in [3.63, 3.8) is 0 Å². The molecular weight excluding hydrogens is 420 g/mol. The van der Waals surface area contributed by atoms with Gasteiger partial charge in [-0.2, -0.15) is 0 Å². The van der Waals surface area contributed by atoms with Gasteiger partial charge in [-0.1, -0.05) is 0 Å². The molecule has 2 nitrogen and oxygen atoms in total. The average molecular weight is 426 g/mol. The highest BCUT2D eigenvalue weighted by Gasteiger charge is 2.10. The minimum Gasteiger partial charge on any atom is -0.321 e. The molecule has 0 fully saturated rings. The maximum Gasteiger partial charge on any atom is 0.256 e. The summed E-state index contributed by atoms with van der Waals surface area (Å²) in [6.45, 7) is 0. The van der Waals surface area contributed by atoms with Gasteiger partial charge in [0.05, 0.1) is 14.1 Å². The number of thiophene rings is 1. The summed E-state index contributed by atoms with van der Waals surface area (Å²) < 4.78 is 14.4. The van der Waals surface area contributed by atoms with E-state index in [1.165, 1.54) is 29.5 Å². The van der Waals surface area contributed by atoms with Crippen molar-refractivity contribution in [3.8, 4) is 0 Å². The Morgan fingerprint density at radius 1 is 1.41 bits per heavy atom. The molecule has 0 unspecified atom stereocenters. The van der Waals surface area contributed by atoms with Gasteiger partial charge in [-0.3, -0.25) is 4.79 Å². The maximum atomic E-state index is 12.9. The zero-order chi connectivity index (χ0) is 12.4. The van der Waals surface area contributed by atoms with Crippen molar-refractivity contribution in [3.05, 3.63) is 48.4 Å². The third-order valence-electron chi connectivity index (χ3n) is 2.01. The third kappa shape index (κ3) is 3.26. The number of carbonyl (C=O) groups excluding carboxylic acids is 1. The molecule has 1 N–H and O–H groups in total. The molecule has 0 saturated heterocycles. The Balaban J connectivity index is 2.18. The molecule has 17 heavy (non-hydrogen) atoms. The van der Waals surface area contributed by atoms with Gasteiger partial charge in [0.15, 0.2) is 0 Å². The zero-order valence-corrected chi connectivity index (χ0v) is 12.9. The molecule has 2 rings (SSSR count). The van der Waals surface area contributed by atoms with Gasteiger partial charge in [-0.05, 0) is 62.8 Å². The van der Waals surface area contributed by atoms with Crippen LogP contribution in [0.3, 0.4) is 0 Å². The summed E-state index contributed by atoms with van der Waals surface area (Å²) in [6, 6.07) is 5.94. The van der Waals surface area contributed by atoms with Gasteiger partial charge in [0.1, 0.15) is 5.82 Å². The Kier molecular flexibility index (Phi) is 4.16. The Hall–Kier alpha value is -0.470. The van der Waals surface area contributed by atoms with E-state index in [1.807, 2.05) is 0 Å². The van der Waals surface area contributed by atoms with Crippen LogP contribution in [0, 0.1) is 8.70 Å². The minimum atomic E-state index is -0.347. The molecule has 0 radical (unpaired) electrons. The molecule has 1 aromatic heterocycles. The Morgan fingerprint density at radius 2 is 2.18 bits per heavy atom. The number of nitrogens with one attached hydrogen (secondary N) is 1. The second-order valence-electron chi connectivity index (χ2n) is 3.22. The zero-order valence-electron chi connectivity index (χ0n) is 8.34. The van der Waals surface area contributed by atoms with E-state index in [2.05, 4.69) is 43.8 Å². The molecule has 0 bridgehead atoms. The largest absolute Gasteiger partial charge is 0.321 e. The highest BCUT2D eigenvalue weighted by molar-refractivity contribution is 14.1. The summed E-state index contributed by atoms with van der Waals surface area (Å²) in [5.74, 6) is -0.545. The number of rotatable bonds is 2. The summed E-state index contributed by atoms with van der Waals surface area (Å²) >= 11 is 6.86. The minimum absolute atomic E-state index is 0.198. The molecule has 0 aliphatic heterocycles. The molecule has 0 saturated carbocycles. The van der Waals surface area contributed by atoms with Gasteiger partial charge in [0.2, 0.25) is 0 Å². The van der Waals surface area contributed by atoms with E-state index in [1.54, 1.807) is 11.4 Å². The van der Waals surface area contributed by atoms with Gasteiger partial charge in [0, 0.05) is 9.85 Å². The van der Waals surface area contributed by atoms with Crippen LogP contribution in [0.2, 0.25) is 0 Å². The van der Waals surface area contributed by atoms with Crippen LogP contribution in [-0.4, -0.2) is 5.91 Å². The van der Waals surface area contributed by atoms with Gasteiger partial charge >= 0.3 is 0 Å². The third-order valence-corrected chi connectivity index (χ3v) is 4.45. The van der Waals surface area contributed by atoms with E-state index in [4.69, 9.17) is 0 Å². The molecule has 0 spiro atoms. The lowest BCUT2D eigenvalue weighted by molar-refractivity contribution is 0.102. The fourth-order valence-electron chi connectivity index (χ4n) is 1.21. The average Bonchev–Trinajstić information content (AvgIpc) is 2.69. The summed E-state index contributed by atoms with van der Waals surface area (Å²) in [4.78, 5) is 11.8. The van der Waals surface area contributed by atoms with Crippen molar-refractivity contribution in [1.82, 2.24) is 0 Å². The number of benzene rings is 1. The second-order valence-corrected chi connectivity index (χ2v) is 6.88. The molecule has 1 amide bonds. The molecule has 88 valence electrons. The Labute approximate surface area is 124 Å². The standard InChI is InChI=1S/C11H6BrFINOS/c12-8-4-7(13)1-2-9(8)15-11(16)6-3-10(14)17-5-6/h1-5H,(H,15,16). The summed E-state index contributed by atoms with van der Waals surface area (Å²) in [6.07, 6.45) is 0. The number of amides is 1. The number of halogens is 3. The lowest BCUT2D eigenvalue weighted by Crippen LogP contribution is -2.11. The van der Waals surface area contributed by atoms with Crippen molar-refractivity contribution in [2.45, 2.75) is 0 Å². The molecule has 1 aromatic carbocycles. The molecule has 6 heteroatoms. The molecule has 2 aromatic rings. The fourth-order valence-corrected chi connectivity index (χ4v) is 2.99. The first-order valence-electron chi connectivity index (χ1n) is 4.56. The first-order chi connectivity index (χ1) is 8.06. The maximum absolute atomic E-state index is 12.9. The number of carbonyl (C=O) groups is 1. The number of hydrogen-bond acceptors (Lipinski definition) is 2. The van der Waals surface area contributed by atoms with Crippen LogP contribution in [-0.2, 0) is 0 Å². The lowest BCUT2D eigenvalue weighted by Gasteiger charge is -2.06. The Morgan fingerprint density at radius 3 is 2.76 bits per heavy atom. The van der Waals surface area contributed by atoms with Crippen LogP contribution in [0.4, 0.5) is 10.1 Å². The van der Waals surface area contributed by atoms with Crippen molar-refractivity contribution in [2.24, 2.45) is 0 Å². The van der Waals surface area contributed by atoms with Crippen LogP contribution < -0.4 is 5.32 Å².